The van der Waals surface area contributed by atoms with Gasteiger partial charge in [-0.3, -0.25) is 0 Å². The number of anilines is 1. The van der Waals surface area contributed by atoms with Gasteiger partial charge in [-0.2, -0.15) is 0 Å². The first kappa shape index (κ1) is 13.2. The predicted molar refractivity (Wildman–Crippen MR) is 74.0 cm³/mol. The van der Waals surface area contributed by atoms with Crippen LogP contribution in [0.5, 0.6) is 5.75 Å². The fraction of sp³-hybridized carbons (Fsp3) is 0.600. The molecule has 0 bridgehead atoms. The van der Waals surface area contributed by atoms with E-state index < -0.39 is 6.10 Å². The molecule has 0 aromatic heterocycles. The molecule has 1 heterocycles. The number of aromatic hydroxyl groups is 1. The molecule has 100 valence electrons. The third kappa shape index (κ3) is 3.16. The van der Waals surface area contributed by atoms with Crippen molar-refractivity contribution in [2.75, 3.05) is 18.0 Å². The lowest BCUT2D eigenvalue weighted by Crippen LogP contribution is -2.26. The van der Waals surface area contributed by atoms with E-state index in [1.807, 2.05) is 12.1 Å². The highest BCUT2D eigenvalue weighted by atomic mass is 16.3. The lowest BCUT2D eigenvalue weighted by molar-refractivity contribution is 0.195. The minimum atomic E-state index is -0.619. The van der Waals surface area contributed by atoms with Crippen molar-refractivity contribution in [3.8, 4) is 5.75 Å². The van der Waals surface area contributed by atoms with Crippen LogP contribution < -0.4 is 4.90 Å². The third-order valence-corrected chi connectivity index (χ3v) is 3.69. The lowest BCUT2D eigenvalue weighted by Gasteiger charge is -2.27. The van der Waals surface area contributed by atoms with E-state index in [0.29, 0.717) is 5.56 Å². The van der Waals surface area contributed by atoms with E-state index in [1.54, 1.807) is 13.0 Å². The van der Waals surface area contributed by atoms with E-state index in [-0.39, 0.29) is 5.75 Å². The van der Waals surface area contributed by atoms with Gasteiger partial charge in [0.25, 0.3) is 0 Å². The Bertz CT molecular complexity index is 382. The molecule has 1 aromatic rings. The van der Waals surface area contributed by atoms with Crippen LogP contribution in [0.2, 0.25) is 0 Å². The Morgan fingerprint density at radius 3 is 2.22 bits per heavy atom. The molecule has 0 radical (unpaired) electrons. The molecule has 1 aliphatic heterocycles. The third-order valence-electron chi connectivity index (χ3n) is 3.69. The van der Waals surface area contributed by atoms with Crippen LogP contribution in [-0.4, -0.2) is 23.3 Å². The highest BCUT2D eigenvalue weighted by molar-refractivity contribution is 5.53. The molecule has 0 saturated carbocycles. The maximum Gasteiger partial charge on any atom is 0.123 e. The first-order valence-electron chi connectivity index (χ1n) is 6.94. The maximum atomic E-state index is 9.93. The van der Waals surface area contributed by atoms with E-state index in [9.17, 15) is 10.2 Å². The number of phenols is 1. The SMILES string of the molecule is CC(O)c1ccc(N2CCCCCCC2)cc1O. The number of nitrogens with zero attached hydrogens (tertiary/aromatic N) is 1. The number of hydrogen-bond acceptors (Lipinski definition) is 3. The van der Waals surface area contributed by atoms with E-state index in [4.69, 9.17) is 0 Å². The number of rotatable bonds is 2. The van der Waals surface area contributed by atoms with Gasteiger partial charge in [0.1, 0.15) is 5.75 Å². The summed E-state index contributed by atoms with van der Waals surface area (Å²) in [5, 5.41) is 19.4. The Morgan fingerprint density at radius 2 is 1.67 bits per heavy atom. The zero-order chi connectivity index (χ0) is 13.0. The second kappa shape index (κ2) is 6.10. The normalized spacial score (nSPS) is 19.1. The quantitative estimate of drug-likeness (QED) is 0.845. The average molecular weight is 249 g/mol. The van der Waals surface area contributed by atoms with Crippen LogP contribution in [0, 0.1) is 0 Å². The molecule has 0 spiro atoms. The molecule has 1 saturated heterocycles. The number of phenolic OH excluding ortho intramolecular Hbond substituents is 1. The Morgan fingerprint density at radius 1 is 1.06 bits per heavy atom. The molecule has 2 N–H and O–H groups in total. The second-order valence-electron chi connectivity index (χ2n) is 5.17. The lowest BCUT2D eigenvalue weighted by atomic mass is 10.1. The van der Waals surface area contributed by atoms with Crippen molar-refractivity contribution in [1.29, 1.82) is 0 Å². The first-order valence-corrected chi connectivity index (χ1v) is 6.94. The van der Waals surface area contributed by atoms with Crippen molar-refractivity contribution >= 4 is 5.69 Å². The van der Waals surface area contributed by atoms with Gasteiger partial charge in [-0.05, 0) is 25.8 Å². The van der Waals surface area contributed by atoms with Crippen molar-refractivity contribution < 1.29 is 10.2 Å². The summed E-state index contributed by atoms with van der Waals surface area (Å²) in [5.74, 6) is 0.199. The van der Waals surface area contributed by atoms with Gasteiger partial charge in [0.2, 0.25) is 0 Å². The molecule has 0 aliphatic carbocycles. The van der Waals surface area contributed by atoms with E-state index in [0.717, 1.165) is 18.8 Å². The molecule has 2 rings (SSSR count). The molecule has 1 unspecified atom stereocenters. The largest absolute Gasteiger partial charge is 0.507 e. The predicted octanol–water partition coefficient (Wildman–Crippen LogP) is 3.22. The summed E-state index contributed by atoms with van der Waals surface area (Å²) >= 11 is 0. The molecule has 3 heteroatoms. The van der Waals surface area contributed by atoms with Gasteiger partial charge in [-0.25, -0.2) is 0 Å². The average Bonchev–Trinajstić information content (AvgIpc) is 2.27. The summed E-state index contributed by atoms with van der Waals surface area (Å²) in [7, 11) is 0. The molecule has 0 amide bonds. The van der Waals surface area contributed by atoms with Crippen LogP contribution >= 0.6 is 0 Å². The van der Waals surface area contributed by atoms with Gasteiger partial charge in [0, 0.05) is 30.4 Å². The molecule has 18 heavy (non-hydrogen) atoms. The van der Waals surface area contributed by atoms with E-state index >= 15 is 0 Å². The highest BCUT2D eigenvalue weighted by Crippen LogP contribution is 2.29. The zero-order valence-electron chi connectivity index (χ0n) is 11.1. The molecule has 1 aliphatic rings. The van der Waals surface area contributed by atoms with Gasteiger partial charge < -0.3 is 15.1 Å². The molecule has 3 nitrogen and oxygen atoms in total. The van der Waals surface area contributed by atoms with Gasteiger partial charge >= 0.3 is 0 Å². The highest BCUT2D eigenvalue weighted by Gasteiger charge is 2.12. The summed E-state index contributed by atoms with van der Waals surface area (Å²) in [6.07, 6.45) is 5.77. The van der Waals surface area contributed by atoms with Gasteiger partial charge in [0.05, 0.1) is 6.10 Å². The molecular formula is C15H23NO2. The van der Waals surface area contributed by atoms with Crippen molar-refractivity contribution in [3.05, 3.63) is 23.8 Å². The zero-order valence-corrected chi connectivity index (χ0v) is 11.1. The van der Waals surface area contributed by atoms with Crippen molar-refractivity contribution in [1.82, 2.24) is 0 Å². The standard InChI is InChI=1S/C15H23NO2/c1-12(17)14-8-7-13(11-15(14)18)16-9-5-3-2-4-6-10-16/h7-8,11-12,17-18H,2-6,9-10H2,1H3. The smallest absolute Gasteiger partial charge is 0.123 e. The second-order valence-corrected chi connectivity index (χ2v) is 5.17. The molecule has 1 atom stereocenters. The fourth-order valence-corrected chi connectivity index (χ4v) is 2.59. The Balaban J connectivity index is 2.14. The number of aliphatic hydroxyl groups is 1. The van der Waals surface area contributed by atoms with Crippen LogP contribution in [0.3, 0.4) is 0 Å². The molecule has 1 aromatic carbocycles. The summed E-state index contributed by atoms with van der Waals surface area (Å²) in [4.78, 5) is 2.34. The minimum Gasteiger partial charge on any atom is -0.507 e. The Kier molecular flexibility index (Phi) is 4.48. The number of hydrogen-bond donors (Lipinski definition) is 2. The van der Waals surface area contributed by atoms with Gasteiger partial charge in [-0.1, -0.05) is 25.3 Å². The Labute approximate surface area is 109 Å². The van der Waals surface area contributed by atoms with Crippen LogP contribution in [0.15, 0.2) is 18.2 Å². The molecular weight excluding hydrogens is 226 g/mol. The van der Waals surface area contributed by atoms with E-state index in [1.165, 1.54) is 32.1 Å². The van der Waals surface area contributed by atoms with Gasteiger partial charge in [0.15, 0.2) is 0 Å². The monoisotopic (exact) mass is 249 g/mol. The number of aliphatic hydroxyl groups excluding tert-OH is 1. The van der Waals surface area contributed by atoms with E-state index in [2.05, 4.69) is 4.90 Å². The Hall–Kier alpha value is -1.22. The van der Waals surface area contributed by atoms with Crippen molar-refractivity contribution in [2.24, 2.45) is 0 Å². The number of benzene rings is 1. The topological polar surface area (TPSA) is 43.7 Å². The van der Waals surface area contributed by atoms with Crippen molar-refractivity contribution in [2.45, 2.75) is 45.1 Å². The van der Waals surface area contributed by atoms with Crippen LogP contribution in [0.4, 0.5) is 5.69 Å². The van der Waals surface area contributed by atoms with Crippen LogP contribution in [0.25, 0.3) is 0 Å². The molecule has 1 fully saturated rings. The summed E-state index contributed by atoms with van der Waals surface area (Å²) in [6.45, 7) is 3.80. The summed E-state index contributed by atoms with van der Waals surface area (Å²) < 4.78 is 0. The first-order chi connectivity index (χ1) is 8.68. The maximum absolute atomic E-state index is 9.93. The summed E-state index contributed by atoms with van der Waals surface area (Å²) in [6, 6.07) is 5.61. The van der Waals surface area contributed by atoms with Crippen molar-refractivity contribution in [3.63, 3.8) is 0 Å². The fourth-order valence-electron chi connectivity index (χ4n) is 2.59. The summed E-state index contributed by atoms with van der Waals surface area (Å²) in [5.41, 5.74) is 1.67. The minimum absolute atomic E-state index is 0.199. The van der Waals surface area contributed by atoms with Crippen LogP contribution in [0.1, 0.15) is 50.7 Å². The van der Waals surface area contributed by atoms with Crippen LogP contribution in [-0.2, 0) is 0 Å². The van der Waals surface area contributed by atoms with Gasteiger partial charge in [-0.15, -0.1) is 0 Å².